The second-order valence-electron chi connectivity index (χ2n) is 6.00. The van der Waals surface area contributed by atoms with E-state index < -0.39 is 0 Å². The molecule has 1 N–H and O–H groups in total. The van der Waals surface area contributed by atoms with Crippen LogP contribution >= 0.6 is 11.6 Å². The number of piperidine rings is 1. The second-order valence-corrected chi connectivity index (χ2v) is 6.41. The largest absolute Gasteiger partial charge is 0.370 e. The van der Waals surface area contributed by atoms with E-state index in [1.54, 1.807) is 0 Å². The fraction of sp³-hybridized carbons (Fsp3) is 0.688. The highest BCUT2D eigenvalue weighted by Gasteiger charge is 2.21. The van der Waals surface area contributed by atoms with E-state index in [1.165, 1.54) is 25.9 Å². The summed E-state index contributed by atoms with van der Waals surface area (Å²) in [5.41, 5.74) is 0.971. The molecule has 0 unspecified atom stereocenters. The van der Waals surface area contributed by atoms with Crippen LogP contribution in [0.5, 0.6) is 0 Å². The minimum absolute atomic E-state index is 0.631. The van der Waals surface area contributed by atoms with Gasteiger partial charge in [0.25, 0.3) is 0 Å². The maximum atomic E-state index is 6.31. The van der Waals surface area contributed by atoms with E-state index >= 15 is 0 Å². The van der Waals surface area contributed by atoms with Crippen LogP contribution in [0.4, 0.5) is 5.82 Å². The number of likely N-dealkylation sites (tertiary alicyclic amines) is 1. The van der Waals surface area contributed by atoms with Crippen molar-refractivity contribution < 1.29 is 0 Å². The lowest BCUT2D eigenvalue weighted by molar-refractivity contribution is 0.138. The van der Waals surface area contributed by atoms with E-state index in [4.69, 9.17) is 11.6 Å². The van der Waals surface area contributed by atoms with Gasteiger partial charge < -0.3 is 10.2 Å². The van der Waals surface area contributed by atoms with Gasteiger partial charge in [0.1, 0.15) is 5.82 Å². The number of nitrogens with zero attached hydrogens (tertiary/aromatic N) is 3. The maximum absolute atomic E-state index is 6.31. The fourth-order valence-corrected chi connectivity index (χ4v) is 2.91. The van der Waals surface area contributed by atoms with E-state index in [9.17, 15) is 0 Å². The zero-order valence-electron chi connectivity index (χ0n) is 13.4. The molecule has 0 bridgehead atoms. The average molecular weight is 311 g/mol. The van der Waals surface area contributed by atoms with Crippen LogP contribution in [0.25, 0.3) is 0 Å². The van der Waals surface area contributed by atoms with Gasteiger partial charge >= 0.3 is 0 Å². The van der Waals surface area contributed by atoms with Crippen molar-refractivity contribution in [3.8, 4) is 0 Å². The normalized spacial score (nSPS) is 17.4. The van der Waals surface area contributed by atoms with Gasteiger partial charge in [-0.2, -0.15) is 0 Å². The van der Waals surface area contributed by atoms with Crippen molar-refractivity contribution in [2.45, 2.75) is 38.8 Å². The summed E-state index contributed by atoms with van der Waals surface area (Å²) in [5.74, 6) is 0.924. The first-order chi connectivity index (χ1) is 10.1. The zero-order valence-corrected chi connectivity index (χ0v) is 14.2. The van der Waals surface area contributed by atoms with Crippen molar-refractivity contribution in [3.05, 3.63) is 22.8 Å². The van der Waals surface area contributed by atoms with Crippen molar-refractivity contribution >= 4 is 17.4 Å². The van der Waals surface area contributed by atoms with Gasteiger partial charge in [0.05, 0.1) is 10.7 Å². The van der Waals surface area contributed by atoms with Crippen molar-refractivity contribution in [2.75, 3.05) is 39.0 Å². The monoisotopic (exact) mass is 310 g/mol. The summed E-state index contributed by atoms with van der Waals surface area (Å²) in [6, 6.07) is 4.54. The van der Waals surface area contributed by atoms with Crippen LogP contribution in [-0.4, -0.2) is 54.6 Å². The molecular weight excluding hydrogens is 284 g/mol. The number of anilines is 1. The highest BCUT2D eigenvalue weighted by molar-refractivity contribution is 6.31. The lowest BCUT2D eigenvalue weighted by Gasteiger charge is -2.35. The van der Waals surface area contributed by atoms with Gasteiger partial charge in [0.2, 0.25) is 0 Å². The number of rotatable bonds is 6. The Balaban J connectivity index is 1.97. The first-order valence-corrected chi connectivity index (χ1v) is 8.26. The molecule has 118 valence electrons. The van der Waals surface area contributed by atoms with Crippen LogP contribution < -0.4 is 5.32 Å². The van der Waals surface area contributed by atoms with E-state index in [0.29, 0.717) is 6.04 Å². The first kappa shape index (κ1) is 16.5. The smallest absolute Gasteiger partial charge is 0.126 e. The topological polar surface area (TPSA) is 31.4 Å². The Morgan fingerprint density at radius 2 is 2.10 bits per heavy atom. The number of pyridine rings is 1. The van der Waals surface area contributed by atoms with Gasteiger partial charge in [-0.1, -0.05) is 18.5 Å². The Labute approximate surface area is 133 Å². The Morgan fingerprint density at radius 1 is 1.38 bits per heavy atom. The van der Waals surface area contributed by atoms with Gasteiger partial charge in [0.15, 0.2) is 0 Å². The average Bonchev–Trinajstić information content (AvgIpc) is 2.48. The highest BCUT2D eigenvalue weighted by Crippen LogP contribution is 2.21. The molecule has 0 aromatic carbocycles. The zero-order chi connectivity index (χ0) is 15.2. The van der Waals surface area contributed by atoms with Crippen molar-refractivity contribution in [3.63, 3.8) is 0 Å². The van der Waals surface area contributed by atoms with Crippen LogP contribution in [-0.2, 0) is 6.54 Å². The third-order valence-corrected chi connectivity index (χ3v) is 4.53. The van der Waals surface area contributed by atoms with Crippen LogP contribution in [0, 0.1) is 0 Å². The van der Waals surface area contributed by atoms with Crippen LogP contribution in [0.2, 0.25) is 5.02 Å². The summed E-state index contributed by atoms with van der Waals surface area (Å²) >= 11 is 6.31. The molecule has 1 saturated heterocycles. The quantitative estimate of drug-likeness (QED) is 0.875. The molecule has 0 spiro atoms. The van der Waals surface area contributed by atoms with Crippen molar-refractivity contribution in [1.29, 1.82) is 0 Å². The van der Waals surface area contributed by atoms with Crippen LogP contribution in [0.1, 0.15) is 31.9 Å². The SMILES string of the molecule is CCCNc1ccc(Cl)c(CN(C)C2CCN(C)CC2)n1. The summed E-state index contributed by atoms with van der Waals surface area (Å²) in [6.07, 6.45) is 3.53. The number of nitrogens with one attached hydrogen (secondary N) is 1. The maximum Gasteiger partial charge on any atom is 0.126 e. The second kappa shape index (κ2) is 7.97. The molecule has 1 aliphatic rings. The lowest BCUT2D eigenvalue weighted by atomic mass is 10.0. The van der Waals surface area contributed by atoms with E-state index in [1.807, 2.05) is 12.1 Å². The summed E-state index contributed by atoms with van der Waals surface area (Å²) in [6.45, 7) is 6.26. The molecule has 1 aromatic rings. The predicted molar refractivity (Wildman–Crippen MR) is 90.0 cm³/mol. The minimum atomic E-state index is 0.631. The lowest BCUT2D eigenvalue weighted by Crippen LogP contribution is -2.41. The molecule has 0 atom stereocenters. The first-order valence-electron chi connectivity index (χ1n) is 7.88. The number of hydrogen-bond donors (Lipinski definition) is 1. The van der Waals surface area contributed by atoms with Crippen LogP contribution in [0.3, 0.4) is 0 Å². The van der Waals surface area contributed by atoms with Crippen molar-refractivity contribution in [1.82, 2.24) is 14.8 Å². The molecule has 0 amide bonds. The molecule has 4 nitrogen and oxygen atoms in total. The summed E-state index contributed by atoms with van der Waals surface area (Å²) in [4.78, 5) is 9.45. The van der Waals surface area contributed by atoms with E-state index in [0.717, 1.165) is 36.0 Å². The van der Waals surface area contributed by atoms with E-state index in [2.05, 4.69) is 41.1 Å². The molecule has 0 aliphatic carbocycles. The molecule has 1 aromatic heterocycles. The molecule has 21 heavy (non-hydrogen) atoms. The van der Waals surface area contributed by atoms with Gasteiger partial charge in [0, 0.05) is 19.1 Å². The van der Waals surface area contributed by atoms with Gasteiger partial charge in [-0.05, 0) is 58.6 Å². The van der Waals surface area contributed by atoms with Crippen molar-refractivity contribution in [2.24, 2.45) is 0 Å². The Bertz CT molecular complexity index is 444. The number of aromatic nitrogens is 1. The molecular formula is C16H27ClN4. The Hall–Kier alpha value is -0.840. The third-order valence-electron chi connectivity index (χ3n) is 4.19. The molecule has 1 fully saturated rings. The van der Waals surface area contributed by atoms with E-state index in [-0.39, 0.29) is 0 Å². The Kier molecular flexibility index (Phi) is 6.27. The van der Waals surface area contributed by atoms with Crippen LogP contribution in [0.15, 0.2) is 12.1 Å². The summed E-state index contributed by atoms with van der Waals surface area (Å²) < 4.78 is 0. The summed E-state index contributed by atoms with van der Waals surface area (Å²) in [5, 5.41) is 4.09. The van der Waals surface area contributed by atoms with Gasteiger partial charge in [-0.3, -0.25) is 4.90 Å². The molecule has 2 rings (SSSR count). The summed E-state index contributed by atoms with van der Waals surface area (Å²) in [7, 11) is 4.37. The van der Waals surface area contributed by atoms with Gasteiger partial charge in [-0.25, -0.2) is 4.98 Å². The highest BCUT2D eigenvalue weighted by atomic mass is 35.5. The predicted octanol–water partition coefficient (Wildman–Crippen LogP) is 3.08. The molecule has 0 saturated carbocycles. The standard InChI is InChI=1S/C16H27ClN4/c1-4-9-18-16-6-5-14(17)15(19-16)12-21(3)13-7-10-20(2)11-8-13/h5-6,13H,4,7-12H2,1-3H3,(H,18,19). The number of hydrogen-bond acceptors (Lipinski definition) is 4. The molecule has 0 radical (unpaired) electrons. The molecule has 2 heterocycles. The Morgan fingerprint density at radius 3 is 2.76 bits per heavy atom. The third kappa shape index (κ3) is 4.83. The van der Waals surface area contributed by atoms with Gasteiger partial charge in [-0.15, -0.1) is 0 Å². The molecule has 1 aliphatic heterocycles. The molecule has 5 heteroatoms. The fourth-order valence-electron chi connectivity index (χ4n) is 2.75. The number of halogens is 1. The minimum Gasteiger partial charge on any atom is -0.370 e.